The quantitative estimate of drug-likeness (QED) is 0.719. The highest BCUT2D eigenvalue weighted by atomic mass is 35.5. The number of hydrogen-bond acceptors (Lipinski definition) is 2. The number of fused-ring (bicyclic) bond motifs is 3. The van der Waals surface area contributed by atoms with E-state index >= 15 is 0 Å². The molecule has 0 bridgehead atoms. The van der Waals surface area contributed by atoms with Crippen molar-refractivity contribution in [2.45, 2.75) is 18.4 Å². The molecule has 4 rings (SSSR count). The maximum absolute atomic E-state index is 6.47. The van der Waals surface area contributed by atoms with Gasteiger partial charge in [0.25, 0.3) is 0 Å². The summed E-state index contributed by atoms with van der Waals surface area (Å²) in [6.07, 6.45) is 7.44. The van der Waals surface area contributed by atoms with Crippen molar-refractivity contribution >= 4 is 17.3 Å². The topological polar surface area (TPSA) is 21.3 Å². The average Bonchev–Trinajstić information content (AvgIpc) is 3.10. The maximum atomic E-state index is 6.47. The van der Waals surface area contributed by atoms with Crippen LogP contribution in [0.2, 0.25) is 5.02 Å². The van der Waals surface area contributed by atoms with Crippen LogP contribution in [0.5, 0.6) is 5.75 Å². The first kappa shape index (κ1) is 15.3. The number of benzene rings is 2. The molecule has 0 amide bonds. The largest absolute Gasteiger partial charge is 0.490 e. The predicted octanol–water partition coefficient (Wildman–Crippen LogP) is 5.73. The van der Waals surface area contributed by atoms with Crippen LogP contribution < -0.4 is 10.1 Å². The van der Waals surface area contributed by atoms with E-state index in [9.17, 15) is 0 Å². The lowest BCUT2D eigenvalue weighted by atomic mass is 9.77. The van der Waals surface area contributed by atoms with E-state index in [1.54, 1.807) is 6.08 Å². The highest BCUT2D eigenvalue weighted by molar-refractivity contribution is 6.31. The summed E-state index contributed by atoms with van der Waals surface area (Å²) in [7, 11) is 0. The summed E-state index contributed by atoms with van der Waals surface area (Å²) in [4.78, 5) is 0. The fourth-order valence-corrected chi connectivity index (χ4v) is 4.11. The molecule has 1 aliphatic carbocycles. The molecule has 3 unspecified atom stereocenters. The van der Waals surface area contributed by atoms with Crippen LogP contribution >= 0.6 is 11.6 Å². The molecule has 2 aromatic carbocycles. The summed E-state index contributed by atoms with van der Waals surface area (Å²) in [6, 6.07) is 14.6. The van der Waals surface area contributed by atoms with Crippen molar-refractivity contribution < 1.29 is 4.74 Å². The zero-order valence-electron chi connectivity index (χ0n) is 13.4. The van der Waals surface area contributed by atoms with Gasteiger partial charge in [0.15, 0.2) is 0 Å². The number of rotatable bonds is 4. The third-order valence-electron chi connectivity index (χ3n) is 4.94. The number of hydrogen-bond donors (Lipinski definition) is 1. The predicted molar refractivity (Wildman–Crippen MR) is 99.9 cm³/mol. The third-order valence-corrected chi connectivity index (χ3v) is 5.29. The maximum Gasteiger partial charge on any atom is 0.120 e. The Hall–Kier alpha value is -2.19. The number of anilines is 1. The second-order valence-electron chi connectivity index (χ2n) is 6.35. The van der Waals surface area contributed by atoms with Crippen LogP contribution in [-0.2, 0) is 0 Å². The second-order valence-corrected chi connectivity index (χ2v) is 6.75. The van der Waals surface area contributed by atoms with Crippen molar-refractivity contribution in [2.24, 2.45) is 5.92 Å². The van der Waals surface area contributed by atoms with Gasteiger partial charge in [0.1, 0.15) is 12.4 Å². The highest BCUT2D eigenvalue weighted by Gasteiger charge is 2.38. The van der Waals surface area contributed by atoms with Gasteiger partial charge in [-0.25, -0.2) is 0 Å². The van der Waals surface area contributed by atoms with E-state index in [-0.39, 0.29) is 6.04 Å². The van der Waals surface area contributed by atoms with E-state index in [4.69, 9.17) is 16.3 Å². The molecular weight excluding hydrogens is 318 g/mol. The van der Waals surface area contributed by atoms with E-state index in [1.165, 1.54) is 16.8 Å². The Bertz CT molecular complexity index is 798. The minimum atomic E-state index is 0.228. The Morgan fingerprint density at radius 3 is 2.92 bits per heavy atom. The van der Waals surface area contributed by atoms with Crippen LogP contribution in [0.25, 0.3) is 0 Å². The first-order chi connectivity index (χ1) is 11.8. The molecule has 0 saturated carbocycles. The van der Waals surface area contributed by atoms with Crippen molar-refractivity contribution in [2.75, 3.05) is 11.9 Å². The van der Waals surface area contributed by atoms with Gasteiger partial charge in [0.2, 0.25) is 0 Å². The smallest absolute Gasteiger partial charge is 0.120 e. The molecule has 24 heavy (non-hydrogen) atoms. The molecule has 0 saturated heterocycles. The third kappa shape index (κ3) is 2.61. The van der Waals surface area contributed by atoms with Crippen molar-refractivity contribution in [3.8, 4) is 5.75 Å². The zero-order valence-corrected chi connectivity index (χ0v) is 14.2. The van der Waals surface area contributed by atoms with Crippen LogP contribution in [0.4, 0.5) is 5.69 Å². The average molecular weight is 338 g/mol. The minimum Gasteiger partial charge on any atom is -0.490 e. The normalized spacial score (nSPS) is 24.0. The summed E-state index contributed by atoms with van der Waals surface area (Å²) >= 11 is 6.47. The fourth-order valence-electron chi connectivity index (χ4n) is 3.85. The molecule has 0 spiro atoms. The van der Waals surface area contributed by atoms with E-state index in [0.717, 1.165) is 17.2 Å². The summed E-state index contributed by atoms with van der Waals surface area (Å²) < 4.78 is 5.71. The van der Waals surface area contributed by atoms with Crippen LogP contribution in [-0.4, -0.2) is 6.61 Å². The Balaban J connectivity index is 1.72. The van der Waals surface area contributed by atoms with E-state index in [2.05, 4.69) is 48.3 Å². The molecule has 3 atom stereocenters. The molecule has 2 aromatic rings. The lowest BCUT2D eigenvalue weighted by molar-refractivity contribution is 0.361. The first-order valence-electron chi connectivity index (χ1n) is 8.33. The van der Waals surface area contributed by atoms with Crippen LogP contribution in [0.1, 0.15) is 29.5 Å². The summed E-state index contributed by atoms with van der Waals surface area (Å²) in [5.74, 6) is 1.77. The lowest BCUT2D eigenvalue weighted by Crippen LogP contribution is -2.29. The van der Waals surface area contributed by atoms with Crippen molar-refractivity contribution in [1.82, 2.24) is 0 Å². The molecule has 1 aliphatic heterocycles. The fraction of sp³-hybridized carbons (Fsp3) is 0.238. The standard InChI is InChI=1S/C21H20ClNO/c1-2-12-24-14-10-11-20-18(13-14)15-7-5-8-16(15)21(23-20)17-6-3-4-9-19(17)22/h2-7,9-11,13,15-16,21,23H,1,8,12H2. The van der Waals surface area contributed by atoms with E-state index in [1.807, 2.05) is 18.2 Å². The van der Waals surface area contributed by atoms with Crippen LogP contribution in [0.3, 0.4) is 0 Å². The van der Waals surface area contributed by atoms with Gasteiger partial charge in [-0.15, -0.1) is 0 Å². The van der Waals surface area contributed by atoms with Gasteiger partial charge in [-0.1, -0.05) is 54.6 Å². The van der Waals surface area contributed by atoms with E-state index in [0.29, 0.717) is 18.4 Å². The molecule has 1 heterocycles. The van der Waals surface area contributed by atoms with Crippen molar-refractivity contribution in [3.05, 3.63) is 83.4 Å². The van der Waals surface area contributed by atoms with Crippen molar-refractivity contribution in [1.29, 1.82) is 0 Å². The Kier molecular flexibility index (Phi) is 4.07. The number of nitrogens with one attached hydrogen (secondary N) is 1. The molecule has 2 nitrogen and oxygen atoms in total. The van der Waals surface area contributed by atoms with Gasteiger partial charge >= 0.3 is 0 Å². The summed E-state index contributed by atoms with van der Waals surface area (Å²) in [5, 5.41) is 4.54. The molecule has 122 valence electrons. The number of ether oxygens (including phenoxy) is 1. The van der Waals surface area contributed by atoms with Crippen LogP contribution in [0.15, 0.2) is 67.3 Å². The lowest BCUT2D eigenvalue weighted by Gasteiger charge is -2.38. The molecule has 2 aliphatic rings. The first-order valence-corrected chi connectivity index (χ1v) is 8.71. The molecular formula is C21H20ClNO. The van der Waals surface area contributed by atoms with Gasteiger partial charge in [-0.2, -0.15) is 0 Å². The highest BCUT2D eigenvalue weighted by Crippen LogP contribution is 2.51. The minimum absolute atomic E-state index is 0.228. The molecule has 0 aromatic heterocycles. The second kappa shape index (κ2) is 6.37. The molecule has 0 radical (unpaired) electrons. The molecule has 3 heteroatoms. The molecule has 0 fully saturated rings. The van der Waals surface area contributed by atoms with Gasteiger partial charge in [0, 0.05) is 16.6 Å². The Labute approximate surface area is 147 Å². The van der Waals surface area contributed by atoms with Crippen LogP contribution in [0, 0.1) is 5.92 Å². The summed E-state index contributed by atoms with van der Waals surface area (Å²) in [6.45, 7) is 4.23. The van der Waals surface area contributed by atoms with E-state index < -0.39 is 0 Å². The summed E-state index contributed by atoms with van der Waals surface area (Å²) in [5.41, 5.74) is 3.65. The van der Waals surface area contributed by atoms with Gasteiger partial charge in [-0.05, 0) is 47.7 Å². The molecule has 1 N–H and O–H groups in total. The zero-order chi connectivity index (χ0) is 16.5. The van der Waals surface area contributed by atoms with Crippen molar-refractivity contribution in [3.63, 3.8) is 0 Å². The van der Waals surface area contributed by atoms with Gasteiger partial charge in [-0.3, -0.25) is 0 Å². The van der Waals surface area contributed by atoms with Gasteiger partial charge < -0.3 is 10.1 Å². The number of allylic oxidation sites excluding steroid dienone is 2. The monoisotopic (exact) mass is 337 g/mol. The van der Waals surface area contributed by atoms with Gasteiger partial charge in [0.05, 0.1) is 6.04 Å². The Morgan fingerprint density at radius 1 is 1.21 bits per heavy atom. The Morgan fingerprint density at radius 2 is 2.08 bits per heavy atom. The number of halogens is 1. The SMILES string of the molecule is C=CCOc1ccc2c(c1)C1C=CCC1C(c1ccccc1Cl)N2.